The van der Waals surface area contributed by atoms with Crippen molar-refractivity contribution in [1.29, 1.82) is 0 Å². The first kappa shape index (κ1) is 36.5. The van der Waals surface area contributed by atoms with Gasteiger partial charge in [-0.2, -0.15) is 0 Å². The van der Waals surface area contributed by atoms with Crippen LogP contribution in [0.15, 0.2) is 0 Å². The molecule has 2 nitrogen and oxygen atoms in total. The van der Waals surface area contributed by atoms with E-state index in [1.165, 1.54) is 167 Å². The van der Waals surface area contributed by atoms with Gasteiger partial charge in [0.2, 0.25) is 0 Å². The minimum absolute atomic E-state index is 0.0266. The van der Waals surface area contributed by atoms with E-state index in [4.69, 9.17) is 4.74 Å². The van der Waals surface area contributed by atoms with Crippen molar-refractivity contribution in [2.24, 2.45) is 5.92 Å². The van der Waals surface area contributed by atoms with Crippen molar-refractivity contribution in [3.05, 3.63) is 0 Å². The molecule has 37 heavy (non-hydrogen) atoms. The number of unbranched alkanes of at least 4 members (excludes halogenated alkanes) is 23. The minimum atomic E-state index is 0.0266. The zero-order valence-electron chi connectivity index (χ0n) is 26.1. The molecule has 0 aliphatic heterocycles. The molecular formula is C35H70O2. The number of carbonyl (C=O) groups excluding carboxylic acids is 1. The molecule has 1 atom stereocenters. The van der Waals surface area contributed by atoms with E-state index in [1.54, 1.807) is 0 Å². The summed E-state index contributed by atoms with van der Waals surface area (Å²) in [6.45, 7) is 7.63. The monoisotopic (exact) mass is 523 g/mol. The molecule has 0 amide bonds. The van der Waals surface area contributed by atoms with Crippen LogP contribution in [0.3, 0.4) is 0 Å². The fraction of sp³-hybridized carbons (Fsp3) is 0.971. The van der Waals surface area contributed by atoms with Crippen LogP contribution in [0.4, 0.5) is 0 Å². The van der Waals surface area contributed by atoms with E-state index in [2.05, 4.69) is 20.8 Å². The lowest BCUT2D eigenvalue weighted by atomic mass is 9.98. The van der Waals surface area contributed by atoms with Crippen LogP contribution in [0, 0.1) is 5.92 Å². The molecule has 0 saturated heterocycles. The van der Waals surface area contributed by atoms with Gasteiger partial charge in [0.25, 0.3) is 0 Å². The Balaban J connectivity index is 3.17. The van der Waals surface area contributed by atoms with Gasteiger partial charge in [0.15, 0.2) is 0 Å². The highest BCUT2D eigenvalue weighted by atomic mass is 16.5. The molecule has 0 bridgehead atoms. The highest BCUT2D eigenvalue weighted by molar-refractivity contribution is 5.69. The Hall–Kier alpha value is -0.530. The Labute approximate surface area is 234 Å². The third-order valence-corrected chi connectivity index (χ3v) is 8.12. The first-order chi connectivity index (χ1) is 18.2. The van der Waals surface area contributed by atoms with E-state index in [1.807, 2.05) is 0 Å². The van der Waals surface area contributed by atoms with Gasteiger partial charge in [-0.25, -0.2) is 0 Å². The van der Waals surface area contributed by atoms with Gasteiger partial charge in [0.1, 0.15) is 0 Å². The van der Waals surface area contributed by atoms with E-state index in [-0.39, 0.29) is 5.97 Å². The first-order valence-electron chi connectivity index (χ1n) is 17.4. The van der Waals surface area contributed by atoms with Crippen molar-refractivity contribution < 1.29 is 9.53 Å². The standard InChI is InChI=1S/C35H70O2/c1-4-6-7-8-9-10-11-12-13-17-20-23-26-29-33-37-35(36)32-28-25-22-19-16-14-15-18-21-24-27-31-34(3)30-5-2/h34H,4-33H2,1-3H3. The van der Waals surface area contributed by atoms with E-state index in [9.17, 15) is 4.79 Å². The summed E-state index contributed by atoms with van der Waals surface area (Å²) < 4.78 is 5.44. The summed E-state index contributed by atoms with van der Waals surface area (Å²) in [6.07, 6.45) is 38.6. The molecule has 0 aromatic carbocycles. The van der Waals surface area contributed by atoms with E-state index < -0.39 is 0 Å². The van der Waals surface area contributed by atoms with Crippen LogP contribution < -0.4 is 0 Å². The predicted molar refractivity (Wildman–Crippen MR) is 165 cm³/mol. The van der Waals surface area contributed by atoms with Gasteiger partial charge in [-0.15, -0.1) is 0 Å². The summed E-state index contributed by atoms with van der Waals surface area (Å²) in [7, 11) is 0. The molecule has 0 aromatic rings. The summed E-state index contributed by atoms with van der Waals surface area (Å²) in [4.78, 5) is 11.9. The van der Waals surface area contributed by atoms with E-state index in [0.717, 1.165) is 18.8 Å². The first-order valence-corrected chi connectivity index (χ1v) is 17.4. The van der Waals surface area contributed by atoms with Crippen molar-refractivity contribution in [3.63, 3.8) is 0 Å². The van der Waals surface area contributed by atoms with Crippen molar-refractivity contribution in [3.8, 4) is 0 Å². The van der Waals surface area contributed by atoms with Gasteiger partial charge in [-0.3, -0.25) is 4.79 Å². The summed E-state index contributed by atoms with van der Waals surface area (Å²) in [5.74, 6) is 0.958. The predicted octanol–water partition coefficient (Wildman–Crippen LogP) is 12.5. The number of esters is 1. The van der Waals surface area contributed by atoms with Crippen molar-refractivity contribution in [2.75, 3.05) is 6.61 Å². The quantitative estimate of drug-likeness (QED) is 0.0668. The highest BCUT2D eigenvalue weighted by Crippen LogP contribution is 2.17. The summed E-state index contributed by atoms with van der Waals surface area (Å²) >= 11 is 0. The summed E-state index contributed by atoms with van der Waals surface area (Å²) in [5.41, 5.74) is 0. The highest BCUT2D eigenvalue weighted by Gasteiger charge is 2.03. The third kappa shape index (κ3) is 31.6. The average molecular weight is 523 g/mol. The maximum absolute atomic E-state index is 11.9. The van der Waals surface area contributed by atoms with Gasteiger partial charge < -0.3 is 4.74 Å². The molecule has 0 spiro atoms. The molecule has 2 heteroatoms. The molecule has 0 radical (unpaired) electrons. The lowest BCUT2D eigenvalue weighted by Gasteiger charge is -2.09. The lowest BCUT2D eigenvalue weighted by Crippen LogP contribution is -2.05. The smallest absolute Gasteiger partial charge is 0.305 e. The number of rotatable bonds is 31. The Morgan fingerprint density at radius 1 is 0.459 bits per heavy atom. The van der Waals surface area contributed by atoms with Crippen molar-refractivity contribution in [2.45, 2.75) is 207 Å². The van der Waals surface area contributed by atoms with Crippen molar-refractivity contribution >= 4 is 5.97 Å². The zero-order chi connectivity index (χ0) is 27.1. The largest absolute Gasteiger partial charge is 0.466 e. The SMILES string of the molecule is CCCCCCCCCCCCCCCCOC(=O)CCCCCCCCCCCCCC(C)CCC. The Kier molecular flexibility index (Phi) is 31.2. The van der Waals surface area contributed by atoms with Gasteiger partial charge >= 0.3 is 5.97 Å². The minimum Gasteiger partial charge on any atom is -0.466 e. The topological polar surface area (TPSA) is 26.3 Å². The molecule has 0 fully saturated rings. The fourth-order valence-corrected chi connectivity index (χ4v) is 5.55. The number of ether oxygens (including phenoxy) is 1. The Morgan fingerprint density at radius 3 is 1.27 bits per heavy atom. The maximum atomic E-state index is 11.9. The lowest BCUT2D eigenvalue weighted by molar-refractivity contribution is -0.143. The van der Waals surface area contributed by atoms with E-state index in [0.29, 0.717) is 13.0 Å². The van der Waals surface area contributed by atoms with Crippen LogP contribution in [-0.2, 0) is 9.53 Å². The van der Waals surface area contributed by atoms with Crippen LogP contribution in [0.5, 0.6) is 0 Å². The van der Waals surface area contributed by atoms with Gasteiger partial charge in [0, 0.05) is 6.42 Å². The average Bonchev–Trinajstić information content (AvgIpc) is 2.89. The van der Waals surface area contributed by atoms with Crippen LogP contribution in [0.25, 0.3) is 0 Å². The molecule has 0 aliphatic carbocycles. The fourth-order valence-electron chi connectivity index (χ4n) is 5.55. The number of carbonyl (C=O) groups is 1. The maximum Gasteiger partial charge on any atom is 0.305 e. The Bertz CT molecular complexity index is 433. The molecule has 0 aromatic heterocycles. The summed E-state index contributed by atoms with van der Waals surface area (Å²) in [6, 6.07) is 0. The van der Waals surface area contributed by atoms with Gasteiger partial charge in [-0.1, -0.05) is 188 Å². The van der Waals surface area contributed by atoms with Crippen LogP contribution in [-0.4, -0.2) is 12.6 Å². The second-order valence-electron chi connectivity index (χ2n) is 12.1. The second kappa shape index (κ2) is 31.7. The molecule has 0 rings (SSSR count). The molecule has 0 N–H and O–H groups in total. The molecule has 0 heterocycles. The third-order valence-electron chi connectivity index (χ3n) is 8.12. The van der Waals surface area contributed by atoms with Crippen LogP contribution >= 0.6 is 0 Å². The molecule has 222 valence electrons. The summed E-state index contributed by atoms with van der Waals surface area (Å²) in [5, 5.41) is 0. The van der Waals surface area contributed by atoms with Gasteiger partial charge in [-0.05, 0) is 18.8 Å². The van der Waals surface area contributed by atoms with E-state index >= 15 is 0 Å². The van der Waals surface area contributed by atoms with Gasteiger partial charge in [0.05, 0.1) is 6.61 Å². The molecule has 1 unspecified atom stereocenters. The normalized spacial score (nSPS) is 12.2. The number of hydrogen-bond acceptors (Lipinski definition) is 2. The van der Waals surface area contributed by atoms with Crippen LogP contribution in [0.1, 0.15) is 207 Å². The molecule has 0 aliphatic rings. The van der Waals surface area contributed by atoms with Crippen molar-refractivity contribution in [1.82, 2.24) is 0 Å². The zero-order valence-corrected chi connectivity index (χ0v) is 26.1. The van der Waals surface area contributed by atoms with Crippen LogP contribution in [0.2, 0.25) is 0 Å². The Morgan fingerprint density at radius 2 is 0.838 bits per heavy atom. The molecule has 0 saturated carbocycles. The second-order valence-corrected chi connectivity index (χ2v) is 12.1. The number of hydrogen-bond donors (Lipinski definition) is 0. The molecular weight excluding hydrogens is 452 g/mol.